The molecule has 0 heterocycles. The van der Waals surface area contributed by atoms with E-state index in [9.17, 15) is 21.6 Å². The fourth-order valence-corrected chi connectivity index (χ4v) is 3.10. The molecule has 0 aliphatic heterocycles. The van der Waals surface area contributed by atoms with Crippen LogP contribution in [0.3, 0.4) is 0 Å². The molecule has 0 bridgehead atoms. The van der Waals surface area contributed by atoms with Crippen LogP contribution in [0.25, 0.3) is 0 Å². The van der Waals surface area contributed by atoms with Gasteiger partial charge in [0.15, 0.2) is 0 Å². The molecule has 0 saturated heterocycles. The Morgan fingerprint density at radius 3 is 1.88 bits per heavy atom. The van der Waals surface area contributed by atoms with E-state index in [0.717, 1.165) is 12.1 Å². The highest BCUT2D eigenvalue weighted by Crippen LogP contribution is 2.33. The average Bonchev–Trinajstić information content (AvgIpc) is 2.54. The molecule has 0 aliphatic rings. The number of hydrogen-bond acceptors (Lipinski definition) is 2. The fourth-order valence-electron chi connectivity index (χ4n) is 2.03. The van der Waals surface area contributed by atoms with Crippen molar-refractivity contribution in [3.63, 3.8) is 0 Å². The second-order valence-electron chi connectivity index (χ2n) is 6.21. The predicted molar refractivity (Wildman–Crippen MR) is 104 cm³/mol. The van der Waals surface area contributed by atoms with Gasteiger partial charge in [0.25, 0.3) is 10.1 Å². The van der Waals surface area contributed by atoms with Crippen molar-refractivity contribution < 1.29 is 26.1 Å². The van der Waals surface area contributed by atoms with Crippen LogP contribution in [0, 0.1) is 3.57 Å². The minimum atomic E-state index is -4.84. The fraction of sp³-hybridized carbons (Fsp3) is 0.333. The van der Waals surface area contributed by atoms with Gasteiger partial charge in [0, 0.05) is 3.57 Å². The van der Waals surface area contributed by atoms with Gasteiger partial charge in [-0.3, -0.25) is 4.55 Å². The number of halogens is 4. The summed E-state index contributed by atoms with van der Waals surface area (Å²) in [5.74, 6) is 0. The van der Waals surface area contributed by atoms with Gasteiger partial charge in [-0.05, 0) is 64.3 Å². The normalized spacial score (nSPS) is 12.3. The van der Waals surface area contributed by atoms with E-state index in [1.807, 2.05) is 0 Å². The van der Waals surface area contributed by atoms with Crippen molar-refractivity contribution in [1.29, 1.82) is 0 Å². The smallest absolute Gasteiger partial charge is 0.282 e. The van der Waals surface area contributed by atoms with Crippen LogP contribution >= 0.6 is 22.6 Å². The molecule has 0 fully saturated rings. The molecule has 0 atom stereocenters. The topological polar surface area (TPSA) is 54.4 Å². The van der Waals surface area contributed by atoms with Crippen LogP contribution in [0.5, 0.6) is 0 Å². The molecule has 3 nitrogen and oxygen atoms in total. The van der Waals surface area contributed by atoms with Gasteiger partial charge in [-0.15, -0.1) is 0 Å². The van der Waals surface area contributed by atoms with Crippen LogP contribution in [0.15, 0.2) is 53.4 Å². The molecule has 26 heavy (non-hydrogen) atoms. The Balaban J connectivity index is 0.000000263. The monoisotopic (exact) mass is 500 g/mol. The van der Waals surface area contributed by atoms with Gasteiger partial charge in [-0.25, -0.2) is 0 Å². The summed E-state index contributed by atoms with van der Waals surface area (Å²) in [5.41, 5.74) is 0.387. The summed E-state index contributed by atoms with van der Waals surface area (Å²) in [6.45, 7) is 6.81. The van der Waals surface area contributed by atoms with Crippen molar-refractivity contribution in [2.24, 2.45) is 0 Å². The van der Waals surface area contributed by atoms with Gasteiger partial charge in [-0.1, -0.05) is 45.0 Å². The molecule has 2 aromatic rings. The molecule has 0 aromatic heterocycles. The molecular formula is C18H20F3IO3S. The first-order valence-corrected chi connectivity index (χ1v) is 10.2. The Hall–Kier alpha value is -1.13. The van der Waals surface area contributed by atoms with Crippen molar-refractivity contribution in [3.8, 4) is 0 Å². The summed E-state index contributed by atoms with van der Waals surface area (Å²) in [5, 5.41) is 0. The van der Waals surface area contributed by atoms with E-state index in [1.54, 1.807) is 0 Å². The van der Waals surface area contributed by atoms with Crippen LogP contribution in [-0.4, -0.2) is 13.0 Å². The van der Waals surface area contributed by atoms with Gasteiger partial charge >= 0.3 is 6.18 Å². The minimum absolute atomic E-state index is 0.324. The Labute approximate surface area is 165 Å². The summed E-state index contributed by atoms with van der Waals surface area (Å²) in [7, 11) is -4.84. The molecule has 0 radical (unpaired) electrons. The largest absolute Gasteiger partial charge is 0.417 e. The minimum Gasteiger partial charge on any atom is -0.282 e. The van der Waals surface area contributed by atoms with Gasteiger partial charge < -0.3 is 0 Å². The quantitative estimate of drug-likeness (QED) is 0.420. The zero-order chi connectivity index (χ0) is 20.2. The lowest BCUT2D eigenvalue weighted by molar-refractivity contribution is -0.140. The highest BCUT2D eigenvalue weighted by atomic mass is 127. The second kappa shape index (κ2) is 8.71. The first-order chi connectivity index (χ1) is 11.8. The zero-order valence-corrected chi connectivity index (χ0v) is 17.5. The van der Waals surface area contributed by atoms with Crippen LogP contribution < -0.4 is 0 Å². The van der Waals surface area contributed by atoms with Gasteiger partial charge in [0.2, 0.25) is 0 Å². The molecular weight excluding hydrogens is 480 g/mol. The summed E-state index contributed by atoms with van der Waals surface area (Å²) in [6.07, 6.45) is -3.61. The van der Waals surface area contributed by atoms with E-state index >= 15 is 0 Å². The Kier molecular flexibility index (Phi) is 7.67. The molecule has 2 aromatic carbocycles. The van der Waals surface area contributed by atoms with Crippen LogP contribution in [0.4, 0.5) is 13.2 Å². The maximum Gasteiger partial charge on any atom is 0.417 e. The molecule has 0 aliphatic carbocycles. The van der Waals surface area contributed by atoms with Crippen molar-refractivity contribution in [1.82, 2.24) is 0 Å². The summed E-state index contributed by atoms with van der Waals surface area (Å²) >= 11 is 2.34. The highest BCUT2D eigenvalue weighted by molar-refractivity contribution is 14.1. The van der Waals surface area contributed by atoms with Crippen LogP contribution in [0.2, 0.25) is 0 Å². The first kappa shape index (κ1) is 22.9. The van der Waals surface area contributed by atoms with Crippen LogP contribution in [0.1, 0.15) is 38.3 Å². The molecule has 8 heteroatoms. The van der Waals surface area contributed by atoms with E-state index in [2.05, 4.69) is 67.6 Å². The third-order valence-corrected chi connectivity index (χ3v) is 5.61. The van der Waals surface area contributed by atoms with Gasteiger partial charge in [0.1, 0.15) is 4.90 Å². The van der Waals surface area contributed by atoms with Gasteiger partial charge in [0.05, 0.1) is 5.56 Å². The molecule has 2 rings (SSSR count). The third-order valence-electron chi connectivity index (χ3n) is 3.98. The Bertz CT molecular complexity index is 830. The highest BCUT2D eigenvalue weighted by Gasteiger charge is 2.36. The third kappa shape index (κ3) is 6.55. The lowest BCUT2D eigenvalue weighted by Crippen LogP contribution is -2.14. The number of rotatable bonds is 3. The standard InChI is InChI=1S/C11H15I.C7H5F3O3S/c1-4-11(2,3)9-5-7-10(12)8-6-9;8-7(9,10)5-3-1-2-4-6(5)14(11,12)13/h5-8H,4H2,1-3H3;1-4H,(H,11,12,13). The first-order valence-electron chi connectivity index (χ1n) is 7.69. The summed E-state index contributed by atoms with van der Waals surface area (Å²) in [6, 6.07) is 12.2. The van der Waals surface area contributed by atoms with Crippen molar-refractivity contribution >= 4 is 32.7 Å². The average molecular weight is 500 g/mol. The lowest BCUT2D eigenvalue weighted by Gasteiger charge is -2.23. The van der Waals surface area contributed by atoms with Crippen molar-refractivity contribution in [2.45, 2.75) is 43.7 Å². The number of benzene rings is 2. The predicted octanol–water partition coefficient (Wildman–Crippen LogP) is 5.93. The Morgan fingerprint density at radius 2 is 1.50 bits per heavy atom. The lowest BCUT2D eigenvalue weighted by atomic mass is 9.82. The molecule has 1 N–H and O–H groups in total. The molecule has 0 spiro atoms. The maximum absolute atomic E-state index is 12.2. The Morgan fingerprint density at radius 1 is 1.00 bits per heavy atom. The van der Waals surface area contributed by atoms with E-state index < -0.39 is 26.8 Å². The zero-order valence-electron chi connectivity index (χ0n) is 14.5. The van der Waals surface area contributed by atoms with Gasteiger partial charge in [-0.2, -0.15) is 21.6 Å². The number of alkyl halides is 3. The van der Waals surface area contributed by atoms with E-state index in [-0.39, 0.29) is 0 Å². The van der Waals surface area contributed by atoms with E-state index in [1.165, 1.54) is 15.6 Å². The molecule has 0 amide bonds. The maximum atomic E-state index is 12.2. The number of hydrogen-bond donors (Lipinski definition) is 1. The molecule has 144 valence electrons. The molecule has 0 unspecified atom stereocenters. The van der Waals surface area contributed by atoms with E-state index in [4.69, 9.17) is 4.55 Å². The second-order valence-corrected chi connectivity index (χ2v) is 8.85. The summed E-state index contributed by atoms with van der Waals surface area (Å²) in [4.78, 5) is -1.13. The van der Waals surface area contributed by atoms with E-state index in [0.29, 0.717) is 17.5 Å². The summed E-state index contributed by atoms with van der Waals surface area (Å²) < 4.78 is 67.5. The van der Waals surface area contributed by atoms with Crippen molar-refractivity contribution in [3.05, 3.63) is 63.2 Å². The SMILES string of the molecule is CCC(C)(C)c1ccc(I)cc1.O=S(=O)(O)c1ccccc1C(F)(F)F. The van der Waals surface area contributed by atoms with Crippen molar-refractivity contribution in [2.75, 3.05) is 0 Å². The van der Waals surface area contributed by atoms with Crippen LogP contribution in [-0.2, 0) is 21.7 Å². The molecule has 0 saturated carbocycles.